The summed E-state index contributed by atoms with van der Waals surface area (Å²) in [4.78, 5) is 86.7. The van der Waals surface area contributed by atoms with E-state index in [1.807, 2.05) is 13.8 Å². The zero-order chi connectivity index (χ0) is 28.0. The van der Waals surface area contributed by atoms with Crippen LogP contribution < -0.4 is 31.9 Å². The molecule has 206 valence electrons. The normalized spacial score (nSPS) is 13.2. The van der Waals surface area contributed by atoms with Gasteiger partial charge in [0.05, 0.1) is 34.4 Å². The minimum atomic E-state index is -0.903. The summed E-state index contributed by atoms with van der Waals surface area (Å²) in [7, 11) is 0. The van der Waals surface area contributed by atoms with Crippen LogP contribution in [0.5, 0.6) is 0 Å². The fraction of sp³-hybridized carbons (Fsp3) is 0.571. The van der Waals surface area contributed by atoms with E-state index in [-0.39, 0.29) is 46.2 Å². The Hall–Kier alpha value is -3.56. The van der Waals surface area contributed by atoms with E-state index in [9.17, 15) is 28.8 Å². The molecule has 0 aliphatic rings. The Bertz CT molecular complexity index is 1320. The predicted octanol–water partition coefficient (Wildman–Crippen LogP) is 3.04. The maximum atomic E-state index is 12.9. The highest BCUT2D eigenvalue weighted by Gasteiger charge is 2.24. The second kappa shape index (κ2) is 12.8. The van der Waals surface area contributed by atoms with Crippen molar-refractivity contribution in [3.05, 3.63) is 53.5 Å². The van der Waals surface area contributed by atoms with Gasteiger partial charge in [-0.1, -0.05) is 75.7 Å². The zero-order valence-corrected chi connectivity index (χ0v) is 22.5. The van der Waals surface area contributed by atoms with Crippen LogP contribution in [0.1, 0.15) is 91.9 Å². The van der Waals surface area contributed by atoms with E-state index < -0.39 is 34.2 Å². The number of rotatable bonds is 14. The molecule has 3 rings (SSSR count). The smallest absolute Gasteiger partial charge is 0.330 e. The Morgan fingerprint density at radius 3 is 1.21 bits per heavy atom. The Morgan fingerprint density at radius 2 is 0.947 bits per heavy atom. The lowest BCUT2D eigenvalue weighted by molar-refractivity contribution is -0.147. The van der Waals surface area contributed by atoms with Crippen molar-refractivity contribution in [3.63, 3.8) is 0 Å². The Morgan fingerprint density at radius 1 is 0.632 bits per heavy atom. The second-order valence-electron chi connectivity index (χ2n) is 9.92. The number of hydrogen-bond donors (Lipinski definition) is 0. The molecule has 0 radical (unpaired) electrons. The molecule has 0 saturated heterocycles. The fourth-order valence-corrected chi connectivity index (χ4v) is 4.73. The third-order valence-corrected chi connectivity index (χ3v) is 7.20. The Kier molecular flexibility index (Phi) is 9.77. The molecule has 38 heavy (non-hydrogen) atoms. The highest BCUT2D eigenvalue weighted by molar-refractivity contribution is 5.97. The van der Waals surface area contributed by atoms with E-state index in [1.54, 1.807) is 0 Å². The summed E-state index contributed by atoms with van der Waals surface area (Å²) in [6.45, 7) is 8.02. The molecular formula is C28H36N2O8. The number of unbranched alkanes of at least 4 members (excludes halogenated alkanes) is 2. The molecule has 0 aliphatic heterocycles. The molecule has 0 spiro atoms. The summed E-state index contributed by atoms with van der Waals surface area (Å²) in [5, 5.41) is -0.668. The van der Waals surface area contributed by atoms with Gasteiger partial charge in [0.15, 0.2) is 0 Å². The standard InChI is InChI=1S/C28H36N2O8/c1-5-9-11-17(7-3)13-23(31)37-29-25(33)19-15-21-22(16-20(19)26(29)34)28(36)30(27(21)35)38-24(32)14-18(8-4)12-10-6-2/h15-18H,5-14H2,1-4H3. The van der Waals surface area contributed by atoms with Crippen LogP contribution in [0.25, 0.3) is 21.5 Å². The van der Waals surface area contributed by atoms with Gasteiger partial charge in [-0.25, -0.2) is 9.59 Å². The average Bonchev–Trinajstić information content (AvgIpc) is 3.27. The average molecular weight is 529 g/mol. The van der Waals surface area contributed by atoms with Gasteiger partial charge in [0.1, 0.15) is 0 Å². The molecule has 0 bridgehead atoms. The highest BCUT2D eigenvalue weighted by Crippen LogP contribution is 2.18. The summed E-state index contributed by atoms with van der Waals surface area (Å²) in [5.74, 6) is -1.26. The molecule has 0 aliphatic carbocycles. The Labute approximate surface area is 219 Å². The van der Waals surface area contributed by atoms with Gasteiger partial charge in [0, 0.05) is 0 Å². The van der Waals surface area contributed by atoms with E-state index in [4.69, 9.17) is 9.68 Å². The summed E-state index contributed by atoms with van der Waals surface area (Å²) in [6.07, 6.45) is 7.19. The van der Waals surface area contributed by atoms with Crippen molar-refractivity contribution in [2.45, 2.75) is 91.9 Å². The van der Waals surface area contributed by atoms with Gasteiger partial charge in [-0.3, -0.25) is 19.2 Å². The number of nitrogens with zero attached hydrogens (tertiary/aromatic N) is 2. The third kappa shape index (κ3) is 6.11. The third-order valence-electron chi connectivity index (χ3n) is 7.20. The van der Waals surface area contributed by atoms with Crippen molar-refractivity contribution in [1.82, 2.24) is 9.46 Å². The van der Waals surface area contributed by atoms with Crippen LogP contribution >= 0.6 is 0 Å². The van der Waals surface area contributed by atoms with Crippen molar-refractivity contribution in [1.29, 1.82) is 0 Å². The molecule has 1 aromatic carbocycles. The zero-order valence-electron chi connectivity index (χ0n) is 22.5. The van der Waals surface area contributed by atoms with Gasteiger partial charge in [0.2, 0.25) is 0 Å². The van der Waals surface area contributed by atoms with Crippen molar-refractivity contribution in [2.75, 3.05) is 0 Å². The van der Waals surface area contributed by atoms with Crippen LogP contribution in [0.2, 0.25) is 0 Å². The molecule has 2 unspecified atom stereocenters. The molecular weight excluding hydrogens is 492 g/mol. The molecule has 0 fully saturated rings. The molecule has 10 heteroatoms. The summed E-state index contributed by atoms with van der Waals surface area (Å²) in [5.41, 5.74) is -3.61. The molecule has 2 heterocycles. The van der Waals surface area contributed by atoms with Crippen LogP contribution in [0.3, 0.4) is 0 Å². The molecule has 3 aromatic rings. The maximum Gasteiger partial charge on any atom is 0.333 e. The summed E-state index contributed by atoms with van der Waals surface area (Å²) >= 11 is 0. The Balaban J connectivity index is 1.90. The quantitative estimate of drug-likeness (QED) is 0.312. The summed E-state index contributed by atoms with van der Waals surface area (Å²) < 4.78 is 0.755. The van der Waals surface area contributed by atoms with Crippen molar-refractivity contribution in [3.8, 4) is 0 Å². The van der Waals surface area contributed by atoms with Crippen LogP contribution in [-0.4, -0.2) is 21.4 Å². The van der Waals surface area contributed by atoms with Crippen LogP contribution in [0.4, 0.5) is 0 Å². The predicted molar refractivity (Wildman–Crippen MR) is 144 cm³/mol. The van der Waals surface area contributed by atoms with Crippen LogP contribution in [-0.2, 0) is 9.59 Å². The fourth-order valence-electron chi connectivity index (χ4n) is 4.73. The number of carbonyl (C=O) groups is 2. The summed E-state index contributed by atoms with van der Waals surface area (Å²) in [6, 6.07) is 2.22. The first kappa shape index (κ1) is 29.0. The minimum Gasteiger partial charge on any atom is -0.330 e. The van der Waals surface area contributed by atoms with E-state index in [0.29, 0.717) is 9.46 Å². The monoisotopic (exact) mass is 528 g/mol. The van der Waals surface area contributed by atoms with Crippen molar-refractivity contribution >= 4 is 33.5 Å². The number of carbonyl (C=O) groups excluding carboxylic acids is 2. The van der Waals surface area contributed by atoms with Gasteiger partial charge in [-0.15, -0.1) is 0 Å². The van der Waals surface area contributed by atoms with Crippen molar-refractivity contribution in [2.24, 2.45) is 11.8 Å². The molecule has 0 N–H and O–H groups in total. The second-order valence-corrected chi connectivity index (χ2v) is 9.92. The maximum absolute atomic E-state index is 12.9. The van der Waals surface area contributed by atoms with Gasteiger partial charge in [-0.2, -0.15) is 0 Å². The molecule has 0 saturated carbocycles. The lowest BCUT2D eigenvalue weighted by Gasteiger charge is -2.12. The molecule has 2 atom stereocenters. The first-order valence-corrected chi connectivity index (χ1v) is 13.5. The van der Waals surface area contributed by atoms with Gasteiger partial charge in [-0.05, 0) is 36.8 Å². The van der Waals surface area contributed by atoms with E-state index in [0.717, 1.165) is 63.5 Å². The SMILES string of the molecule is CCCCC(CC)CC(=O)On1c(=O)c2cc3c(=O)n(OC(=O)CC(CC)CCCC)c(=O)c3cc2c1=O. The van der Waals surface area contributed by atoms with Crippen LogP contribution in [0.15, 0.2) is 31.3 Å². The van der Waals surface area contributed by atoms with Gasteiger partial charge in [0.25, 0.3) is 22.2 Å². The molecule has 10 nitrogen and oxygen atoms in total. The number of benzene rings is 1. The first-order chi connectivity index (χ1) is 18.2. The number of aromatic nitrogens is 2. The minimum absolute atomic E-state index is 0.0645. The molecule has 0 amide bonds. The van der Waals surface area contributed by atoms with Crippen molar-refractivity contribution < 1.29 is 19.3 Å². The van der Waals surface area contributed by atoms with Gasteiger partial charge >= 0.3 is 11.9 Å². The first-order valence-electron chi connectivity index (χ1n) is 13.5. The molecule has 2 aromatic heterocycles. The largest absolute Gasteiger partial charge is 0.333 e. The number of hydrogen-bond acceptors (Lipinski definition) is 8. The van der Waals surface area contributed by atoms with E-state index >= 15 is 0 Å². The topological polar surface area (TPSA) is 131 Å². The van der Waals surface area contributed by atoms with Crippen LogP contribution in [0, 0.1) is 11.8 Å². The number of fused-ring (bicyclic) bond motifs is 2. The van der Waals surface area contributed by atoms with E-state index in [2.05, 4.69) is 13.8 Å². The van der Waals surface area contributed by atoms with E-state index in [1.165, 1.54) is 0 Å². The van der Waals surface area contributed by atoms with Gasteiger partial charge < -0.3 is 9.68 Å². The lowest BCUT2D eigenvalue weighted by atomic mass is 9.96. The lowest BCUT2D eigenvalue weighted by Crippen LogP contribution is -2.36. The highest BCUT2D eigenvalue weighted by atomic mass is 16.7.